The van der Waals surface area contributed by atoms with Gasteiger partial charge in [-0.25, -0.2) is 9.37 Å². The van der Waals surface area contributed by atoms with E-state index in [0.717, 1.165) is 0 Å². The molecular weight excluding hydrogens is 251 g/mol. The molecule has 7 heteroatoms. The number of halogens is 1. The Morgan fingerprint density at radius 3 is 2.63 bits per heavy atom. The molecule has 0 aliphatic carbocycles. The van der Waals surface area contributed by atoms with Gasteiger partial charge in [0.1, 0.15) is 5.82 Å². The normalized spacial score (nSPS) is 10.0. The number of hydrogen-bond acceptors (Lipinski definition) is 5. The number of rotatable bonds is 3. The van der Waals surface area contributed by atoms with E-state index in [1.54, 1.807) is 0 Å². The van der Waals surface area contributed by atoms with Crippen molar-refractivity contribution in [3.8, 4) is 5.88 Å². The predicted molar refractivity (Wildman–Crippen MR) is 67.3 cm³/mol. The number of hydrogen-bond donors (Lipinski definition) is 2. The van der Waals surface area contributed by atoms with Crippen LogP contribution in [0, 0.1) is 5.82 Å². The molecule has 0 saturated heterocycles. The molecule has 6 nitrogen and oxygen atoms in total. The Morgan fingerprint density at radius 1 is 1.37 bits per heavy atom. The first-order valence-electron chi connectivity index (χ1n) is 5.33. The number of carbonyl (C=O) groups excluding carboxylic acids is 1. The minimum atomic E-state index is -0.528. The third-order valence-electron chi connectivity index (χ3n) is 2.30. The fourth-order valence-corrected chi connectivity index (χ4v) is 1.38. The van der Waals surface area contributed by atoms with Crippen LogP contribution in [0.3, 0.4) is 0 Å². The monoisotopic (exact) mass is 262 g/mol. The van der Waals surface area contributed by atoms with Crippen LogP contribution in [-0.2, 0) is 0 Å². The van der Waals surface area contributed by atoms with Crippen LogP contribution in [0.5, 0.6) is 5.88 Å². The van der Waals surface area contributed by atoms with Crippen molar-refractivity contribution in [2.45, 2.75) is 0 Å². The Balaban J connectivity index is 2.18. The second-order valence-corrected chi connectivity index (χ2v) is 3.61. The second kappa shape index (κ2) is 5.30. The lowest BCUT2D eigenvalue weighted by Gasteiger charge is -2.07. The van der Waals surface area contributed by atoms with E-state index in [1.807, 2.05) is 0 Å². The number of nitrogens with zero attached hydrogens (tertiary/aromatic N) is 2. The van der Waals surface area contributed by atoms with Crippen molar-refractivity contribution in [1.29, 1.82) is 0 Å². The van der Waals surface area contributed by atoms with E-state index in [0.29, 0.717) is 5.69 Å². The molecule has 3 N–H and O–H groups in total. The highest BCUT2D eigenvalue weighted by molar-refractivity contribution is 6.05. The second-order valence-electron chi connectivity index (χ2n) is 3.61. The lowest BCUT2D eigenvalue weighted by molar-refractivity contribution is 0.102. The summed E-state index contributed by atoms with van der Waals surface area (Å²) >= 11 is 0. The van der Waals surface area contributed by atoms with Crippen LogP contribution in [0.15, 0.2) is 30.5 Å². The molecule has 2 rings (SSSR count). The van der Waals surface area contributed by atoms with Crippen LogP contribution in [0.4, 0.5) is 15.9 Å². The molecule has 0 fully saturated rings. The number of nitrogen functional groups attached to an aromatic ring is 1. The molecule has 19 heavy (non-hydrogen) atoms. The van der Waals surface area contributed by atoms with Gasteiger partial charge < -0.3 is 15.8 Å². The Morgan fingerprint density at radius 2 is 2.05 bits per heavy atom. The van der Waals surface area contributed by atoms with Crippen molar-refractivity contribution < 1.29 is 13.9 Å². The highest BCUT2D eigenvalue weighted by Gasteiger charge is 2.14. The number of amides is 1. The van der Waals surface area contributed by atoms with Gasteiger partial charge in [-0.2, -0.15) is 4.98 Å². The van der Waals surface area contributed by atoms with E-state index in [-0.39, 0.29) is 23.2 Å². The molecule has 0 aliphatic rings. The van der Waals surface area contributed by atoms with Gasteiger partial charge in [0.15, 0.2) is 11.5 Å². The van der Waals surface area contributed by atoms with Gasteiger partial charge in [-0.3, -0.25) is 4.79 Å². The van der Waals surface area contributed by atoms with Crippen LogP contribution >= 0.6 is 0 Å². The average Bonchev–Trinajstić information content (AvgIpc) is 2.41. The first-order chi connectivity index (χ1) is 9.10. The van der Waals surface area contributed by atoms with Gasteiger partial charge >= 0.3 is 0 Å². The molecule has 98 valence electrons. The average molecular weight is 262 g/mol. The summed E-state index contributed by atoms with van der Waals surface area (Å²) in [7, 11) is 1.42. The summed E-state index contributed by atoms with van der Waals surface area (Å²) in [6.45, 7) is 0. The number of nitrogens with two attached hydrogens (primary N) is 1. The molecular formula is C12H11FN4O2. The number of aromatic nitrogens is 2. The molecule has 2 aromatic rings. The quantitative estimate of drug-likeness (QED) is 0.873. The minimum Gasteiger partial charge on any atom is -0.480 e. The maximum absolute atomic E-state index is 12.7. The lowest BCUT2D eigenvalue weighted by atomic mass is 10.3. The molecule has 0 atom stereocenters. The Hall–Kier alpha value is -2.70. The van der Waals surface area contributed by atoms with Crippen molar-refractivity contribution in [1.82, 2.24) is 9.97 Å². The molecule has 1 heterocycles. The van der Waals surface area contributed by atoms with Crippen LogP contribution in [0.1, 0.15) is 10.5 Å². The maximum atomic E-state index is 12.7. The van der Waals surface area contributed by atoms with Gasteiger partial charge in [-0.1, -0.05) is 0 Å². The first-order valence-corrected chi connectivity index (χ1v) is 5.33. The summed E-state index contributed by atoms with van der Waals surface area (Å²) in [5, 5.41) is 2.53. The van der Waals surface area contributed by atoms with E-state index < -0.39 is 5.91 Å². The standard InChI is InChI=1S/C12H11FN4O2/c1-19-9-6-15-10(11(14)17-9)12(18)16-8-4-2-7(13)3-5-8/h2-6H,1H3,(H2,14,17)(H,16,18). The number of benzene rings is 1. The molecule has 0 aliphatic heterocycles. The van der Waals surface area contributed by atoms with Crippen molar-refractivity contribution in [2.75, 3.05) is 18.2 Å². The number of anilines is 2. The molecule has 0 spiro atoms. The maximum Gasteiger partial charge on any atom is 0.278 e. The van der Waals surface area contributed by atoms with Crippen molar-refractivity contribution >= 4 is 17.4 Å². The lowest BCUT2D eigenvalue weighted by Crippen LogP contribution is -2.17. The van der Waals surface area contributed by atoms with Gasteiger partial charge in [-0.05, 0) is 24.3 Å². The number of carbonyl (C=O) groups is 1. The molecule has 0 unspecified atom stereocenters. The fraction of sp³-hybridized carbons (Fsp3) is 0.0833. The third kappa shape index (κ3) is 2.95. The number of methoxy groups -OCH3 is 1. The Kier molecular flexibility index (Phi) is 3.56. The largest absolute Gasteiger partial charge is 0.480 e. The van der Waals surface area contributed by atoms with Gasteiger partial charge in [0, 0.05) is 5.69 Å². The molecule has 1 aromatic carbocycles. The fourth-order valence-electron chi connectivity index (χ4n) is 1.38. The molecule has 0 saturated carbocycles. The van der Waals surface area contributed by atoms with E-state index in [9.17, 15) is 9.18 Å². The zero-order valence-corrected chi connectivity index (χ0v) is 10.1. The summed E-state index contributed by atoms with van der Waals surface area (Å²) in [5.74, 6) is -0.740. The van der Waals surface area contributed by atoms with Crippen LogP contribution in [-0.4, -0.2) is 23.0 Å². The van der Waals surface area contributed by atoms with E-state index >= 15 is 0 Å². The zero-order chi connectivity index (χ0) is 13.8. The van der Waals surface area contributed by atoms with Crippen LogP contribution in [0.2, 0.25) is 0 Å². The highest BCUT2D eigenvalue weighted by atomic mass is 19.1. The minimum absolute atomic E-state index is 0.0230. The number of ether oxygens (including phenoxy) is 1. The molecule has 0 radical (unpaired) electrons. The predicted octanol–water partition coefficient (Wildman–Crippen LogP) is 1.46. The summed E-state index contributed by atoms with van der Waals surface area (Å²) in [4.78, 5) is 19.6. The van der Waals surface area contributed by atoms with Crippen molar-refractivity contribution in [2.24, 2.45) is 0 Å². The third-order valence-corrected chi connectivity index (χ3v) is 2.30. The summed E-state index contributed by atoms with van der Waals surface area (Å²) in [6.07, 6.45) is 1.29. The van der Waals surface area contributed by atoms with E-state index in [2.05, 4.69) is 15.3 Å². The van der Waals surface area contributed by atoms with Crippen LogP contribution < -0.4 is 15.8 Å². The van der Waals surface area contributed by atoms with Gasteiger partial charge in [-0.15, -0.1) is 0 Å². The smallest absolute Gasteiger partial charge is 0.278 e. The van der Waals surface area contributed by atoms with Gasteiger partial charge in [0.2, 0.25) is 5.88 Å². The summed E-state index contributed by atoms with van der Waals surface area (Å²) < 4.78 is 17.6. The topological polar surface area (TPSA) is 90.1 Å². The summed E-state index contributed by atoms with van der Waals surface area (Å²) in [6, 6.07) is 5.33. The zero-order valence-electron chi connectivity index (χ0n) is 10.1. The van der Waals surface area contributed by atoms with Crippen molar-refractivity contribution in [3.05, 3.63) is 42.0 Å². The van der Waals surface area contributed by atoms with Crippen LogP contribution in [0.25, 0.3) is 0 Å². The molecule has 1 aromatic heterocycles. The molecule has 0 bridgehead atoms. The highest BCUT2D eigenvalue weighted by Crippen LogP contribution is 2.14. The SMILES string of the molecule is COc1cnc(C(=O)Nc2ccc(F)cc2)c(N)n1. The number of nitrogens with one attached hydrogen (secondary N) is 1. The Bertz CT molecular complexity index is 601. The molecule has 1 amide bonds. The van der Waals surface area contributed by atoms with Crippen molar-refractivity contribution in [3.63, 3.8) is 0 Å². The van der Waals surface area contributed by atoms with Gasteiger partial charge in [0.25, 0.3) is 5.91 Å². The van der Waals surface area contributed by atoms with Gasteiger partial charge in [0.05, 0.1) is 13.3 Å². The Labute approximate surface area is 108 Å². The van der Waals surface area contributed by atoms with E-state index in [4.69, 9.17) is 10.5 Å². The van der Waals surface area contributed by atoms with E-state index in [1.165, 1.54) is 37.6 Å². The summed E-state index contributed by atoms with van der Waals surface area (Å²) in [5.41, 5.74) is 6.01. The first kappa shape index (κ1) is 12.7.